The predicted octanol–water partition coefficient (Wildman–Crippen LogP) is 0.933. The monoisotopic (exact) mass is 192 g/mol. The number of aromatic amines is 1. The van der Waals surface area contributed by atoms with Gasteiger partial charge in [-0.1, -0.05) is 6.92 Å². The van der Waals surface area contributed by atoms with E-state index in [-0.39, 0.29) is 0 Å². The fourth-order valence-corrected chi connectivity index (χ4v) is 2.03. The molecule has 3 rings (SSSR count). The van der Waals surface area contributed by atoms with Crippen molar-refractivity contribution < 1.29 is 0 Å². The van der Waals surface area contributed by atoms with Gasteiger partial charge in [0.15, 0.2) is 5.82 Å². The number of hydrogen-bond acceptors (Lipinski definition) is 3. The maximum absolute atomic E-state index is 4.62. The van der Waals surface area contributed by atoms with E-state index >= 15 is 0 Å². The number of nitrogens with one attached hydrogen (secondary N) is 2. The van der Waals surface area contributed by atoms with Crippen molar-refractivity contribution in [1.29, 1.82) is 0 Å². The fourth-order valence-electron chi connectivity index (χ4n) is 2.03. The van der Waals surface area contributed by atoms with Crippen molar-refractivity contribution in [2.24, 2.45) is 0 Å². The van der Waals surface area contributed by atoms with E-state index in [4.69, 9.17) is 0 Å². The standard InChI is InChI=1S/C10H16N4/c1-10(3-4-10)9-12-8(13-14-9)7-2-5-11-6-7/h7,11H,2-6H2,1H3,(H,12,13,14). The van der Waals surface area contributed by atoms with Crippen LogP contribution >= 0.6 is 0 Å². The molecule has 1 aromatic heterocycles. The summed E-state index contributed by atoms with van der Waals surface area (Å²) in [5.74, 6) is 2.66. The van der Waals surface area contributed by atoms with Crippen molar-refractivity contribution in [3.8, 4) is 0 Å². The molecule has 0 amide bonds. The topological polar surface area (TPSA) is 53.6 Å². The van der Waals surface area contributed by atoms with Crippen LogP contribution in [-0.4, -0.2) is 28.3 Å². The molecular weight excluding hydrogens is 176 g/mol. The predicted molar refractivity (Wildman–Crippen MR) is 53.2 cm³/mol. The number of H-pyrrole nitrogens is 1. The molecule has 0 radical (unpaired) electrons. The van der Waals surface area contributed by atoms with Crippen molar-refractivity contribution >= 4 is 0 Å². The summed E-state index contributed by atoms with van der Waals surface area (Å²) in [6, 6.07) is 0. The molecule has 2 heterocycles. The van der Waals surface area contributed by atoms with Crippen molar-refractivity contribution in [3.63, 3.8) is 0 Å². The molecule has 76 valence electrons. The molecule has 0 aromatic carbocycles. The molecular formula is C10H16N4. The molecule has 2 aliphatic rings. The van der Waals surface area contributed by atoms with Gasteiger partial charge in [0.2, 0.25) is 0 Å². The van der Waals surface area contributed by atoms with Crippen LogP contribution in [0.15, 0.2) is 0 Å². The Bertz CT molecular complexity index is 334. The maximum Gasteiger partial charge on any atom is 0.156 e. The minimum Gasteiger partial charge on any atom is -0.316 e. The summed E-state index contributed by atoms with van der Waals surface area (Å²) in [6.07, 6.45) is 3.67. The lowest BCUT2D eigenvalue weighted by molar-refractivity contribution is 0.696. The molecule has 2 fully saturated rings. The summed E-state index contributed by atoms with van der Waals surface area (Å²) >= 11 is 0. The Balaban J connectivity index is 1.82. The first-order valence-electron chi connectivity index (χ1n) is 5.41. The summed E-state index contributed by atoms with van der Waals surface area (Å²) in [5.41, 5.74) is 0.292. The Morgan fingerprint density at radius 1 is 1.43 bits per heavy atom. The van der Waals surface area contributed by atoms with Crippen LogP contribution in [-0.2, 0) is 5.41 Å². The Morgan fingerprint density at radius 3 is 2.93 bits per heavy atom. The number of aromatic nitrogens is 3. The highest BCUT2D eigenvalue weighted by Gasteiger charge is 2.43. The van der Waals surface area contributed by atoms with Crippen LogP contribution < -0.4 is 5.32 Å². The van der Waals surface area contributed by atoms with Gasteiger partial charge in [0, 0.05) is 17.9 Å². The molecule has 1 saturated carbocycles. The highest BCUT2D eigenvalue weighted by atomic mass is 15.2. The van der Waals surface area contributed by atoms with Crippen molar-refractivity contribution in [2.45, 2.75) is 37.5 Å². The lowest BCUT2D eigenvalue weighted by Crippen LogP contribution is -2.09. The summed E-state index contributed by atoms with van der Waals surface area (Å²) in [7, 11) is 0. The Hall–Kier alpha value is -0.900. The van der Waals surface area contributed by atoms with Crippen molar-refractivity contribution in [1.82, 2.24) is 20.5 Å². The van der Waals surface area contributed by atoms with Gasteiger partial charge in [-0.05, 0) is 25.8 Å². The van der Waals surface area contributed by atoms with Gasteiger partial charge in [-0.15, -0.1) is 0 Å². The van der Waals surface area contributed by atoms with Gasteiger partial charge < -0.3 is 5.32 Å². The molecule has 1 atom stereocenters. The van der Waals surface area contributed by atoms with Gasteiger partial charge in [0.25, 0.3) is 0 Å². The van der Waals surface area contributed by atoms with Gasteiger partial charge in [0.1, 0.15) is 5.82 Å². The van der Waals surface area contributed by atoms with E-state index < -0.39 is 0 Å². The largest absolute Gasteiger partial charge is 0.316 e. The smallest absolute Gasteiger partial charge is 0.156 e. The van der Waals surface area contributed by atoms with Crippen LogP contribution in [0.25, 0.3) is 0 Å². The Morgan fingerprint density at radius 2 is 2.29 bits per heavy atom. The number of hydrogen-bond donors (Lipinski definition) is 2. The van der Waals surface area contributed by atoms with Crippen LogP contribution in [0.2, 0.25) is 0 Å². The van der Waals surface area contributed by atoms with Gasteiger partial charge >= 0.3 is 0 Å². The van der Waals surface area contributed by atoms with Crippen LogP contribution in [0.1, 0.15) is 43.8 Å². The summed E-state index contributed by atoms with van der Waals surface area (Å²) in [4.78, 5) is 4.62. The third-order valence-corrected chi connectivity index (χ3v) is 3.49. The molecule has 1 aliphatic carbocycles. The van der Waals surface area contributed by atoms with E-state index in [9.17, 15) is 0 Å². The highest BCUT2D eigenvalue weighted by Crippen LogP contribution is 2.45. The van der Waals surface area contributed by atoms with Crippen LogP contribution in [0.3, 0.4) is 0 Å². The Kier molecular flexibility index (Phi) is 1.68. The Labute approximate surface area is 83.5 Å². The second-order valence-electron chi connectivity index (χ2n) is 4.79. The molecule has 4 heteroatoms. The molecule has 4 nitrogen and oxygen atoms in total. The molecule has 0 spiro atoms. The lowest BCUT2D eigenvalue weighted by atomic mass is 10.1. The third-order valence-electron chi connectivity index (χ3n) is 3.49. The third kappa shape index (κ3) is 1.25. The second kappa shape index (κ2) is 2.79. The molecule has 1 unspecified atom stereocenters. The zero-order chi connectivity index (χ0) is 9.60. The zero-order valence-electron chi connectivity index (χ0n) is 8.51. The van der Waals surface area contributed by atoms with E-state index in [0.29, 0.717) is 11.3 Å². The molecule has 2 N–H and O–H groups in total. The van der Waals surface area contributed by atoms with E-state index in [0.717, 1.165) is 24.7 Å². The normalized spacial score (nSPS) is 29.4. The van der Waals surface area contributed by atoms with Crippen LogP contribution in [0.5, 0.6) is 0 Å². The first kappa shape index (κ1) is 8.41. The average Bonchev–Trinajstić information content (AvgIpc) is 2.73. The van der Waals surface area contributed by atoms with Gasteiger partial charge in [-0.2, -0.15) is 5.10 Å². The summed E-state index contributed by atoms with van der Waals surface area (Å²) in [5, 5.41) is 10.8. The summed E-state index contributed by atoms with van der Waals surface area (Å²) in [6.45, 7) is 4.40. The fraction of sp³-hybridized carbons (Fsp3) is 0.800. The van der Waals surface area contributed by atoms with Crippen LogP contribution in [0, 0.1) is 0 Å². The minimum absolute atomic E-state index is 0.292. The number of rotatable bonds is 2. The molecule has 1 aliphatic heterocycles. The quantitative estimate of drug-likeness (QED) is 0.733. The van der Waals surface area contributed by atoms with Gasteiger partial charge in [-0.25, -0.2) is 4.98 Å². The second-order valence-corrected chi connectivity index (χ2v) is 4.79. The minimum atomic E-state index is 0.292. The lowest BCUT2D eigenvalue weighted by Gasteiger charge is -2.02. The molecule has 0 bridgehead atoms. The van der Waals surface area contributed by atoms with Crippen molar-refractivity contribution in [3.05, 3.63) is 11.6 Å². The van der Waals surface area contributed by atoms with Gasteiger partial charge in [0.05, 0.1) is 0 Å². The zero-order valence-corrected chi connectivity index (χ0v) is 8.51. The highest BCUT2D eigenvalue weighted by molar-refractivity contribution is 5.16. The first-order valence-corrected chi connectivity index (χ1v) is 5.41. The summed E-state index contributed by atoms with van der Waals surface area (Å²) < 4.78 is 0. The SMILES string of the molecule is CC1(c2n[nH]c(C3CCNC3)n2)CC1. The van der Waals surface area contributed by atoms with E-state index in [1.807, 2.05) is 0 Å². The molecule has 1 aromatic rings. The molecule has 14 heavy (non-hydrogen) atoms. The maximum atomic E-state index is 4.62. The first-order chi connectivity index (χ1) is 6.78. The van der Waals surface area contributed by atoms with Crippen molar-refractivity contribution in [2.75, 3.05) is 13.1 Å². The van der Waals surface area contributed by atoms with E-state index in [1.54, 1.807) is 0 Å². The molecule has 1 saturated heterocycles. The van der Waals surface area contributed by atoms with Gasteiger partial charge in [-0.3, -0.25) is 5.10 Å². The number of nitrogens with zero attached hydrogens (tertiary/aromatic N) is 2. The average molecular weight is 192 g/mol. The van der Waals surface area contributed by atoms with Crippen LogP contribution in [0.4, 0.5) is 0 Å². The van der Waals surface area contributed by atoms with E-state index in [2.05, 4.69) is 27.4 Å². The van der Waals surface area contributed by atoms with E-state index in [1.165, 1.54) is 19.3 Å².